The molecule has 5 aliphatic rings. The van der Waals surface area contributed by atoms with Crippen LogP contribution in [0.25, 0.3) is 6.08 Å². The lowest BCUT2D eigenvalue weighted by Gasteiger charge is -2.66. The van der Waals surface area contributed by atoms with Crippen LogP contribution in [0.1, 0.15) is 64.4 Å². The van der Waals surface area contributed by atoms with E-state index in [-0.39, 0.29) is 35.4 Å². The molecule has 5 fully saturated rings. The molecule has 1 aromatic rings. The Balaban J connectivity index is 1.54. The molecule has 3 unspecified atom stereocenters. The van der Waals surface area contributed by atoms with Crippen LogP contribution in [0.2, 0.25) is 0 Å². The number of carbonyl (C=O) groups is 3. The molecule has 4 saturated carbocycles. The predicted molar refractivity (Wildman–Crippen MR) is 133 cm³/mol. The zero-order valence-electron chi connectivity index (χ0n) is 20.8. The maximum atomic E-state index is 13.9. The minimum Gasteiger partial charge on any atom is -0.465 e. The fourth-order valence-corrected chi connectivity index (χ4v) is 7.87. The van der Waals surface area contributed by atoms with Gasteiger partial charge < -0.3 is 9.47 Å². The van der Waals surface area contributed by atoms with Crippen LogP contribution in [-0.2, 0) is 23.9 Å². The van der Waals surface area contributed by atoms with Crippen molar-refractivity contribution in [3.63, 3.8) is 0 Å². The first-order chi connectivity index (χ1) is 16.8. The van der Waals surface area contributed by atoms with Crippen LogP contribution in [0.3, 0.4) is 0 Å². The van der Waals surface area contributed by atoms with Gasteiger partial charge in [-0.05, 0) is 73.0 Å². The number of ketones is 1. The normalized spacial score (nSPS) is 38.1. The van der Waals surface area contributed by atoms with Crippen molar-refractivity contribution >= 4 is 23.8 Å². The first kappa shape index (κ1) is 24.0. The molecular weight excluding hydrogens is 440 g/mol. The number of carbonyl (C=O) groups excluding carboxylic acids is 3. The van der Waals surface area contributed by atoms with Gasteiger partial charge in [-0.2, -0.15) is 0 Å². The van der Waals surface area contributed by atoms with Crippen molar-refractivity contribution in [1.82, 2.24) is 0 Å². The highest BCUT2D eigenvalue weighted by Crippen LogP contribution is 2.69. The summed E-state index contributed by atoms with van der Waals surface area (Å²) in [5.74, 6) is -0.461. The van der Waals surface area contributed by atoms with E-state index in [9.17, 15) is 14.4 Å². The number of esters is 2. The van der Waals surface area contributed by atoms with Crippen LogP contribution in [0.15, 0.2) is 48.6 Å². The van der Waals surface area contributed by atoms with E-state index in [0.717, 1.165) is 37.7 Å². The Morgan fingerprint density at radius 1 is 1.23 bits per heavy atom. The number of ether oxygens (including phenoxy) is 2. The zero-order chi connectivity index (χ0) is 24.8. The second kappa shape index (κ2) is 9.07. The van der Waals surface area contributed by atoms with Crippen molar-refractivity contribution in [2.45, 2.75) is 64.9 Å². The summed E-state index contributed by atoms with van der Waals surface area (Å²) < 4.78 is 12.0. The minimum atomic E-state index is -0.887. The van der Waals surface area contributed by atoms with Crippen LogP contribution in [-0.4, -0.2) is 30.4 Å². The molecule has 0 amide bonds. The molecule has 1 saturated heterocycles. The Labute approximate surface area is 207 Å². The third-order valence-electron chi connectivity index (χ3n) is 9.54. The van der Waals surface area contributed by atoms with E-state index < -0.39 is 22.9 Å². The summed E-state index contributed by atoms with van der Waals surface area (Å²) in [6, 6.07) is 9.61. The van der Waals surface area contributed by atoms with E-state index in [1.165, 1.54) is 6.08 Å². The molecule has 4 aliphatic carbocycles. The molecule has 0 radical (unpaired) electrons. The highest BCUT2D eigenvalue weighted by molar-refractivity contribution is 6.03. The standard InChI is InChI=1S/C30H36O5/c1-4-5-14-29-23(19(2)18-34-28(29)33)17-25(35-26(31)12-11-21-9-7-6-8-10-21)30-15-13-22(16-24(29)30)20(3)27(30)32/h6-12,19,22-25H,3-5,13-18H2,1-2H3/b12-11+/t19-,22+,23?,24?,25-,29?,30-/m1/s1. The lowest BCUT2D eigenvalue weighted by atomic mass is 9.37. The number of allylic oxidation sites excluding steroid dienone is 1. The molecule has 1 spiro atoms. The largest absolute Gasteiger partial charge is 0.465 e. The number of cyclic esters (lactones) is 1. The van der Waals surface area contributed by atoms with Gasteiger partial charge in [0.25, 0.3) is 0 Å². The van der Waals surface area contributed by atoms with Crippen molar-refractivity contribution < 1.29 is 23.9 Å². The van der Waals surface area contributed by atoms with Gasteiger partial charge in [0.1, 0.15) is 6.10 Å². The Bertz CT molecular complexity index is 1060. The molecule has 5 heteroatoms. The SMILES string of the molecule is C=C1C(=O)[C@]23CC[C@H]1CC2C1(CCCC)C(=O)OC[C@@H](C)C1C[C@H]3OC(=O)/C=C/c1ccccc1. The number of benzene rings is 1. The van der Waals surface area contributed by atoms with Crippen LogP contribution in [0, 0.1) is 34.5 Å². The summed E-state index contributed by atoms with van der Waals surface area (Å²) in [4.78, 5) is 40.6. The van der Waals surface area contributed by atoms with Crippen molar-refractivity contribution in [1.29, 1.82) is 0 Å². The molecule has 1 aliphatic heterocycles. The average Bonchev–Trinajstić information content (AvgIpc) is 2.87. The minimum absolute atomic E-state index is 0.00943. The highest BCUT2D eigenvalue weighted by atomic mass is 16.5. The topological polar surface area (TPSA) is 69.7 Å². The number of Topliss-reactive ketones (excluding diaryl/α,β-unsaturated/α-hetero) is 1. The van der Waals surface area contributed by atoms with Gasteiger partial charge in [0.15, 0.2) is 5.78 Å². The van der Waals surface area contributed by atoms with Gasteiger partial charge in [-0.3, -0.25) is 9.59 Å². The van der Waals surface area contributed by atoms with Gasteiger partial charge in [0.2, 0.25) is 0 Å². The second-order valence-electron chi connectivity index (χ2n) is 11.2. The Morgan fingerprint density at radius 2 is 2.00 bits per heavy atom. The number of hydrogen-bond acceptors (Lipinski definition) is 5. The first-order valence-corrected chi connectivity index (χ1v) is 13.2. The highest BCUT2D eigenvalue weighted by Gasteiger charge is 2.73. The molecule has 7 atom stereocenters. The monoisotopic (exact) mass is 476 g/mol. The molecule has 0 N–H and O–H groups in total. The summed E-state index contributed by atoms with van der Waals surface area (Å²) in [7, 11) is 0. The van der Waals surface area contributed by atoms with Gasteiger partial charge in [-0.15, -0.1) is 0 Å². The zero-order valence-corrected chi connectivity index (χ0v) is 20.8. The summed E-state index contributed by atoms with van der Waals surface area (Å²) in [5.41, 5.74) is -0.0165. The fourth-order valence-electron chi connectivity index (χ4n) is 7.87. The van der Waals surface area contributed by atoms with Crippen molar-refractivity contribution in [3.05, 3.63) is 54.1 Å². The maximum absolute atomic E-state index is 13.9. The van der Waals surface area contributed by atoms with Gasteiger partial charge in [-0.25, -0.2) is 4.79 Å². The van der Waals surface area contributed by atoms with Crippen LogP contribution in [0.4, 0.5) is 0 Å². The van der Waals surface area contributed by atoms with Crippen LogP contribution in [0.5, 0.6) is 0 Å². The van der Waals surface area contributed by atoms with Crippen molar-refractivity contribution in [2.24, 2.45) is 34.5 Å². The molecule has 5 nitrogen and oxygen atoms in total. The summed E-state index contributed by atoms with van der Waals surface area (Å²) >= 11 is 0. The molecule has 2 bridgehead atoms. The van der Waals surface area contributed by atoms with E-state index in [1.807, 2.05) is 30.3 Å². The fraction of sp³-hybridized carbons (Fsp3) is 0.567. The maximum Gasteiger partial charge on any atom is 0.331 e. The van der Waals surface area contributed by atoms with Crippen LogP contribution >= 0.6 is 0 Å². The Kier molecular flexibility index (Phi) is 6.23. The van der Waals surface area contributed by atoms with Crippen molar-refractivity contribution in [2.75, 3.05) is 6.61 Å². The predicted octanol–water partition coefficient (Wildman–Crippen LogP) is 5.54. The van der Waals surface area contributed by atoms with Crippen LogP contribution < -0.4 is 0 Å². The van der Waals surface area contributed by atoms with E-state index in [0.29, 0.717) is 25.0 Å². The summed E-state index contributed by atoms with van der Waals surface area (Å²) in [5, 5.41) is 0. The third kappa shape index (κ3) is 3.61. The van der Waals surface area contributed by atoms with E-state index in [2.05, 4.69) is 20.4 Å². The van der Waals surface area contributed by atoms with Gasteiger partial charge in [0.05, 0.1) is 17.4 Å². The van der Waals surface area contributed by atoms with Gasteiger partial charge >= 0.3 is 11.9 Å². The van der Waals surface area contributed by atoms with Gasteiger partial charge in [-0.1, -0.05) is 63.6 Å². The molecule has 186 valence electrons. The quantitative estimate of drug-likeness (QED) is 0.398. The lowest BCUT2D eigenvalue weighted by molar-refractivity contribution is -0.234. The average molecular weight is 477 g/mol. The first-order valence-electron chi connectivity index (χ1n) is 13.2. The summed E-state index contributed by atoms with van der Waals surface area (Å²) in [6.07, 6.45) is 8.02. The smallest absolute Gasteiger partial charge is 0.331 e. The van der Waals surface area contributed by atoms with Crippen molar-refractivity contribution in [3.8, 4) is 0 Å². The van der Waals surface area contributed by atoms with E-state index >= 15 is 0 Å². The van der Waals surface area contributed by atoms with E-state index in [1.54, 1.807) is 6.08 Å². The van der Waals surface area contributed by atoms with Gasteiger partial charge in [0, 0.05) is 6.08 Å². The molecule has 1 heterocycles. The molecule has 6 rings (SSSR count). The number of rotatable bonds is 6. The van der Waals surface area contributed by atoms with E-state index in [4.69, 9.17) is 9.47 Å². The second-order valence-corrected chi connectivity index (χ2v) is 11.2. The number of unbranched alkanes of at least 4 members (excludes halogenated alkanes) is 1. The lowest BCUT2D eigenvalue weighted by Crippen LogP contribution is -2.70. The molecule has 0 aromatic heterocycles. The Morgan fingerprint density at radius 3 is 2.74 bits per heavy atom. The number of hydrogen-bond donors (Lipinski definition) is 0. The third-order valence-corrected chi connectivity index (χ3v) is 9.54. The Hall–Kier alpha value is -2.69. The molecule has 35 heavy (non-hydrogen) atoms. The number of fused-ring (bicyclic) bond motifs is 3. The molecular formula is C30H36O5. The molecule has 1 aromatic carbocycles. The summed E-state index contributed by atoms with van der Waals surface area (Å²) in [6.45, 7) is 8.80.